The molecule has 0 spiro atoms. The number of aromatic nitrogens is 4. The minimum Gasteiger partial charge on any atom is -0.381 e. The molecule has 3 heterocycles. The van der Waals surface area contributed by atoms with E-state index < -0.39 is 0 Å². The molecule has 0 aliphatic carbocycles. The van der Waals surface area contributed by atoms with Gasteiger partial charge in [0, 0.05) is 42.2 Å². The first-order chi connectivity index (χ1) is 9.83. The number of hydrogen-bond donors (Lipinski definition) is 1. The van der Waals surface area contributed by atoms with Gasteiger partial charge in [0.05, 0.1) is 6.61 Å². The molecule has 5 nitrogen and oxygen atoms in total. The highest BCUT2D eigenvalue weighted by Gasteiger charge is 2.22. The fourth-order valence-corrected chi connectivity index (χ4v) is 2.85. The number of para-hydroxylation sites is 1. The highest BCUT2D eigenvalue weighted by atomic mass is 16.5. The highest BCUT2D eigenvalue weighted by Crippen LogP contribution is 2.29. The van der Waals surface area contributed by atoms with E-state index in [-0.39, 0.29) is 0 Å². The van der Waals surface area contributed by atoms with E-state index >= 15 is 0 Å². The Morgan fingerprint density at radius 2 is 2.25 bits per heavy atom. The number of hydrogen-bond acceptors (Lipinski definition) is 3. The molecule has 0 bridgehead atoms. The van der Waals surface area contributed by atoms with Crippen molar-refractivity contribution in [3.05, 3.63) is 36.3 Å². The van der Waals surface area contributed by atoms with Crippen LogP contribution in [0.3, 0.4) is 0 Å². The van der Waals surface area contributed by atoms with Crippen molar-refractivity contribution in [1.29, 1.82) is 0 Å². The van der Waals surface area contributed by atoms with Crippen LogP contribution in [0, 0.1) is 0 Å². The van der Waals surface area contributed by atoms with Crippen LogP contribution >= 0.6 is 0 Å². The number of benzene rings is 1. The molecule has 102 valence electrons. The van der Waals surface area contributed by atoms with E-state index in [9.17, 15) is 0 Å². The standard InChI is InChI=1S/C15H16N4O/c1-19-8-12(11-4-2-3-5-13(11)19)15-16-14(17-18-15)10-6-7-20-9-10/h2-5,8,10H,6-7,9H2,1H3,(H,16,17,18)/t10-/m1/s1. The molecule has 3 aromatic rings. The summed E-state index contributed by atoms with van der Waals surface area (Å²) in [4.78, 5) is 4.67. The molecular formula is C15H16N4O. The Hall–Kier alpha value is -2.14. The van der Waals surface area contributed by atoms with E-state index in [2.05, 4.69) is 38.1 Å². The van der Waals surface area contributed by atoms with E-state index in [1.54, 1.807) is 0 Å². The quantitative estimate of drug-likeness (QED) is 0.776. The molecule has 1 saturated heterocycles. The number of aromatic amines is 1. The number of nitrogens with one attached hydrogen (secondary N) is 1. The SMILES string of the molecule is Cn1cc(-c2n[nH]c([C@@H]3CCOC3)n2)c2ccccc21. The maximum absolute atomic E-state index is 5.41. The van der Waals surface area contributed by atoms with Gasteiger partial charge in [-0.15, -0.1) is 0 Å². The molecule has 0 amide bonds. The molecule has 1 N–H and O–H groups in total. The average Bonchev–Trinajstić information content (AvgIpc) is 3.17. The second-order valence-corrected chi connectivity index (χ2v) is 5.28. The summed E-state index contributed by atoms with van der Waals surface area (Å²) in [6.45, 7) is 1.55. The predicted octanol–water partition coefficient (Wildman–Crippen LogP) is 2.47. The van der Waals surface area contributed by atoms with Gasteiger partial charge in [-0.05, 0) is 12.5 Å². The van der Waals surface area contributed by atoms with Crippen molar-refractivity contribution in [3.8, 4) is 11.4 Å². The molecular weight excluding hydrogens is 252 g/mol. The van der Waals surface area contributed by atoms with Gasteiger partial charge >= 0.3 is 0 Å². The van der Waals surface area contributed by atoms with E-state index in [1.807, 2.05) is 19.2 Å². The van der Waals surface area contributed by atoms with Crippen molar-refractivity contribution in [2.75, 3.05) is 13.2 Å². The molecule has 5 heteroatoms. The third-order valence-electron chi connectivity index (χ3n) is 3.96. The number of aryl methyl sites for hydroxylation is 1. The zero-order valence-corrected chi connectivity index (χ0v) is 11.3. The van der Waals surface area contributed by atoms with E-state index in [1.165, 1.54) is 10.9 Å². The zero-order valence-electron chi connectivity index (χ0n) is 11.3. The van der Waals surface area contributed by atoms with Crippen LogP contribution in [0.15, 0.2) is 30.5 Å². The van der Waals surface area contributed by atoms with Gasteiger partial charge in [-0.25, -0.2) is 4.98 Å². The molecule has 1 aliphatic rings. The minimum atomic E-state index is 0.353. The summed E-state index contributed by atoms with van der Waals surface area (Å²) in [5.41, 5.74) is 2.27. The van der Waals surface area contributed by atoms with Gasteiger partial charge < -0.3 is 9.30 Å². The molecule has 1 atom stereocenters. The van der Waals surface area contributed by atoms with Crippen molar-refractivity contribution >= 4 is 10.9 Å². The summed E-state index contributed by atoms with van der Waals surface area (Å²) in [7, 11) is 2.05. The van der Waals surface area contributed by atoms with Crippen LogP contribution in [0.2, 0.25) is 0 Å². The summed E-state index contributed by atoms with van der Waals surface area (Å²) in [6.07, 6.45) is 3.10. The highest BCUT2D eigenvalue weighted by molar-refractivity contribution is 5.94. The lowest BCUT2D eigenvalue weighted by Gasteiger charge is -1.99. The molecule has 0 radical (unpaired) electrons. The molecule has 0 unspecified atom stereocenters. The maximum atomic E-state index is 5.41. The van der Waals surface area contributed by atoms with E-state index in [0.717, 1.165) is 36.8 Å². The summed E-state index contributed by atoms with van der Waals surface area (Å²) >= 11 is 0. The number of ether oxygens (including phenoxy) is 1. The molecule has 0 saturated carbocycles. The second-order valence-electron chi connectivity index (χ2n) is 5.28. The Morgan fingerprint density at radius 1 is 1.35 bits per heavy atom. The lowest BCUT2D eigenvalue weighted by atomic mass is 10.1. The monoisotopic (exact) mass is 268 g/mol. The average molecular weight is 268 g/mol. The van der Waals surface area contributed by atoms with Crippen LogP contribution in [0.5, 0.6) is 0 Å². The van der Waals surface area contributed by atoms with Crippen LogP contribution in [0.1, 0.15) is 18.2 Å². The lowest BCUT2D eigenvalue weighted by Crippen LogP contribution is -1.99. The van der Waals surface area contributed by atoms with Crippen molar-refractivity contribution in [2.24, 2.45) is 7.05 Å². The fraction of sp³-hybridized carbons (Fsp3) is 0.333. The topological polar surface area (TPSA) is 55.7 Å². The zero-order chi connectivity index (χ0) is 13.5. The minimum absolute atomic E-state index is 0.353. The molecule has 2 aromatic heterocycles. The Labute approximate surface area is 116 Å². The van der Waals surface area contributed by atoms with Gasteiger partial charge in [0.2, 0.25) is 0 Å². The Kier molecular flexibility index (Phi) is 2.60. The Balaban J connectivity index is 1.79. The van der Waals surface area contributed by atoms with Crippen LogP contribution in [0.4, 0.5) is 0 Å². The Morgan fingerprint density at radius 3 is 3.10 bits per heavy atom. The first-order valence-corrected chi connectivity index (χ1v) is 6.87. The third-order valence-corrected chi connectivity index (χ3v) is 3.96. The first-order valence-electron chi connectivity index (χ1n) is 6.87. The lowest BCUT2D eigenvalue weighted by molar-refractivity contribution is 0.193. The van der Waals surface area contributed by atoms with Crippen molar-refractivity contribution < 1.29 is 4.74 Å². The largest absolute Gasteiger partial charge is 0.381 e. The van der Waals surface area contributed by atoms with Gasteiger partial charge in [0.1, 0.15) is 5.82 Å². The van der Waals surface area contributed by atoms with Crippen LogP contribution < -0.4 is 0 Å². The van der Waals surface area contributed by atoms with Gasteiger partial charge in [-0.1, -0.05) is 18.2 Å². The van der Waals surface area contributed by atoms with Crippen molar-refractivity contribution in [2.45, 2.75) is 12.3 Å². The number of rotatable bonds is 2. The predicted molar refractivity (Wildman–Crippen MR) is 76.5 cm³/mol. The van der Waals surface area contributed by atoms with Gasteiger partial charge in [-0.2, -0.15) is 5.10 Å². The normalized spacial score (nSPS) is 18.9. The first kappa shape index (κ1) is 11.7. The van der Waals surface area contributed by atoms with Crippen molar-refractivity contribution in [3.63, 3.8) is 0 Å². The summed E-state index contributed by atoms with van der Waals surface area (Å²) < 4.78 is 7.52. The molecule has 1 fully saturated rings. The van der Waals surface area contributed by atoms with Crippen LogP contribution in [-0.2, 0) is 11.8 Å². The van der Waals surface area contributed by atoms with Crippen molar-refractivity contribution in [1.82, 2.24) is 19.7 Å². The van der Waals surface area contributed by atoms with Crippen LogP contribution in [-0.4, -0.2) is 33.0 Å². The van der Waals surface area contributed by atoms with Gasteiger partial charge in [-0.3, -0.25) is 5.10 Å². The smallest absolute Gasteiger partial charge is 0.183 e. The number of nitrogens with zero attached hydrogens (tertiary/aromatic N) is 3. The summed E-state index contributed by atoms with van der Waals surface area (Å²) in [5.74, 6) is 2.06. The molecule has 1 aliphatic heterocycles. The second kappa shape index (κ2) is 4.45. The van der Waals surface area contributed by atoms with E-state index in [4.69, 9.17) is 4.74 Å². The third kappa shape index (κ3) is 1.74. The van der Waals surface area contributed by atoms with E-state index in [0.29, 0.717) is 5.92 Å². The molecule has 20 heavy (non-hydrogen) atoms. The summed E-state index contributed by atoms with van der Waals surface area (Å²) in [5, 5.41) is 8.64. The molecule has 4 rings (SSSR count). The summed E-state index contributed by atoms with van der Waals surface area (Å²) in [6, 6.07) is 8.31. The Bertz CT molecular complexity index is 752. The van der Waals surface area contributed by atoms with Gasteiger partial charge in [0.25, 0.3) is 0 Å². The molecule has 1 aromatic carbocycles. The number of H-pyrrole nitrogens is 1. The van der Waals surface area contributed by atoms with Gasteiger partial charge in [0.15, 0.2) is 5.82 Å². The number of fused-ring (bicyclic) bond motifs is 1. The maximum Gasteiger partial charge on any atom is 0.183 e. The fourth-order valence-electron chi connectivity index (χ4n) is 2.85. The van der Waals surface area contributed by atoms with Crippen LogP contribution in [0.25, 0.3) is 22.3 Å².